The molecule has 0 atom stereocenters. The second-order valence-electron chi connectivity index (χ2n) is 7.34. The van der Waals surface area contributed by atoms with E-state index >= 15 is 0 Å². The first-order valence-corrected chi connectivity index (χ1v) is 13.3. The van der Waals surface area contributed by atoms with E-state index < -0.39 is 15.7 Å². The van der Waals surface area contributed by atoms with Crippen LogP contribution in [0, 0.1) is 11.3 Å². The second-order valence-corrected chi connectivity index (χ2v) is 10.9. The Kier molecular flexibility index (Phi) is 7.16. The maximum atomic E-state index is 12.7. The average molecular weight is 528 g/mol. The quantitative estimate of drug-likeness (QED) is 0.207. The van der Waals surface area contributed by atoms with Crippen molar-refractivity contribution in [2.75, 3.05) is 18.2 Å². The number of hydrogen-bond donors (Lipinski definition) is 1. The molecule has 0 fully saturated rings. The van der Waals surface area contributed by atoms with Gasteiger partial charge in [-0.3, -0.25) is 10.1 Å². The van der Waals surface area contributed by atoms with E-state index in [9.17, 15) is 18.5 Å². The van der Waals surface area contributed by atoms with Gasteiger partial charge in [0.1, 0.15) is 24.0 Å². The van der Waals surface area contributed by atoms with Crippen molar-refractivity contribution in [2.24, 2.45) is 0 Å². The van der Waals surface area contributed by atoms with Crippen LogP contribution in [0.25, 0.3) is 17.0 Å². The van der Waals surface area contributed by atoms with Crippen LogP contribution in [0.5, 0.6) is 5.75 Å². The minimum Gasteiger partial charge on any atom is -0.490 e. The molecule has 4 aromatic rings. The van der Waals surface area contributed by atoms with Gasteiger partial charge in [-0.15, -0.1) is 10.2 Å². The molecule has 178 valence electrons. The first kappa shape index (κ1) is 24.4. The van der Waals surface area contributed by atoms with Crippen molar-refractivity contribution in [3.63, 3.8) is 0 Å². The van der Waals surface area contributed by atoms with E-state index in [-0.39, 0.29) is 15.0 Å². The summed E-state index contributed by atoms with van der Waals surface area (Å²) in [6, 6.07) is 16.7. The fourth-order valence-electron chi connectivity index (χ4n) is 3.27. The van der Waals surface area contributed by atoms with Gasteiger partial charge in [0, 0.05) is 28.9 Å². The number of nitrogens with one attached hydrogen (secondary N) is 1. The summed E-state index contributed by atoms with van der Waals surface area (Å²) in [7, 11) is -3.55. The molecule has 0 aliphatic heterocycles. The molecule has 0 radical (unpaired) electrons. The van der Waals surface area contributed by atoms with Gasteiger partial charge in [0.2, 0.25) is 19.3 Å². The number of fused-ring (bicyclic) bond motifs is 1. The van der Waals surface area contributed by atoms with Crippen LogP contribution >= 0.6 is 22.9 Å². The van der Waals surface area contributed by atoms with Crippen LogP contribution in [0.3, 0.4) is 0 Å². The van der Waals surface area contributed by atoms with Crippen LogP contribution in [0.2, 0.25) is 5.02 Å². The Bertz CT molecular complexity index is 1580. The van der Waals surface area contributed by atoms with E-state index in [0.29, 0.717) is 40.8 Å². The zero-order valence-electron chi connectivity index (χ0n) is 18.3. The summed E-state index contributed by atoms with van der Waals surface area (Å²) in [4.78, 5) is 12.7. The Labute approximate surface area is 210 Å². The number of rotatable bonds is 8. The maximum Gasteiger partial charge on any atom is 0.268 e. The number of carbonyl (C=O) groups excluding carboxylic acids is 1. The zero-order chi connectivity index (χ0) is 25.0. The zero-order valence-corrected chi connectivity index (χ0v) is 20.7. The number of halogens is 1. The molecule has 0 saturated carbocycles. The van der Waals surface area contributed by atoms with Crippen molar-refractivity contribution < 1.29 is 17.9 Å². The van der Waals surface area contributed by atoms with E-state index in [1.165, 1.54) is 6.08 Å². The normalized spacial score (nSPS) is 11.9. The first-order valence-electron chi connectivity index (χ1n) is 10.2. The number of para-hydroxylation sites is 2. The molecule has 0 aliphatic carbocycles. The summed E-state index contributed by atoms with van der Waals surface area (Å²) in [6.07, 6.45) is 4.30. The summed E-state index contributed by atoms with van der Waals surface area (Å²) < 4.78 is 30.7. The van der Waals surface area contributed by atoms with Crippen LogP contribution in [0.15, 0.2) is 64.6 Å². The standard InChI is InChI=1S/C23H18ClN5O4S2/c1-35(31,32)23-28-27-22(34-23)26-21(30)15(13-25)12-16-14-29(19-8-4-2-6-17(16)19)10-11-33-20-9-5-3-7-18(20)24/h2-9,12,14H,10-11H2,1H3,(H,26,27,30)/b15-12-. The molecule has 2 aromatic carbocycles. The van der Waals surface area contributed by atoms with Crippen molar-refractivity contribution in [1.82, 2.24) is 14.8 Å². The summed E-state index contributed by atoms with van der Waals surface area (Å²) in [5.74, 6) is -0.132. The third-order valence-electron chi connectivity index (χ3n) is 4.85. The first-order chi connectivity index (χ1) is 16.8. The van der Waals surface area contributed by atoms with Crippen LogP contribution in [0.4, 0.5) is 5.13 Å². The fraction of sp³-hybridized carbons (Fsp3) is 0.130. The number of benzene rings is 2. The number of hydrogen-bond acceptors (Lipinski definition) is 8. The van der Waals surface area contributed by atoms with Crippen molar-refractivity contribution >= 4 is 60.8 Å². The predicted octanol–water partition coefficient (Wildman–Crippen LogP) is 4.17. The summed E-state index contributed by atoms with van der Waals surface area (Å²) in [6.45, 7) is 0.865. The molecule has 2 aromatic heterocycles. The minimum absolute atomic E-state index is 0.0178. The molecule has 2 heterocycles. The highest BCUT2D eigenvalue weighted by Crippen LogP contribution is 2.26. The van der Waals surface area contributed by atoms with E-state index in [2.05, 4.69) is 15.5 Å². The molecule has 9 nitrogen and oxygen atoms in total. The van der Waals surface area contributed by atoms with Gasteiger partial charge in [-0.2, -0.15) is 5.26 Å². The van der Waals surface area contributed by atoms with Gasteiger partial charge in [0.15, 0.2) is 0 Å². The van der Waals surface area contributed by atoms with Crippen molar-refractivity contribution in [1.29, 1.82) is 5.26 Å². The van der Waals surface area contributed by atoms with E-state index in [0.717, 1.165) is 17.2 Å². The monoisotopic (exact) mass is 527 g/mol. The third kappa shape index (κ3) is 5.68. The molecule has 0 unspecified atom stereocenters. The van der Waals surface area contributed by atoms with E-state index in [1.54, 1.807) is 12.1 Å². The van der Waals surface area contributed by atoms with Crippen LogP contribution < -0.4 is 10.1 Å². The van der Waals surface area contributed by atoms with Gasteiger partial charge in [0.25, 0.3) is 5.91 Å². The van der Waals surface area contributed by atoms with Gasteiger partial charge in [-0.05, 0) is 24.3 Å². The smallest absolute Gasteiger partial charge is 0.268 e. The van der Waals surface area contributed by atoms with Gasteiger partial charge in [0.05, 0.1) is 11.6 Å². The lowest BCUT2D eigenvalue weighted by atomic mass is 10.1. The summed E-state index contributed by atoms with van der Waals surface area (Å²) in [5.41, 5.74) is 1.40. The van der Waals surface area contributed by atoms with Gasteiger partial charge >= 0.3 is 0 Å². The molecule has 0 saturated heterocycles. The highest BCUT2D eigenvalue weighted by Gasteiger charge is 2.18. The Balaban J connectivity index is 1.55. The number of amides is 1. The second kappa shape index (κ2) is 10.3. The van der Waals surface area contributed by atoms with E-state index in [4.69, 9.17) is 16.3 Å². The number of anilines is 1. The Morgan fingerprint density at radius 3 is 2.69 bits per heavy atom. The molecule has 12 heteroatoms. The third-order valence-corrected chi connectivity index (χ3v) is 7.67. The number of nitriles is 1. The van der Waals surface area contributed by atoms with E-state index in [1.807, 2.05) is 53.2 Å². The molecule has 0 aliphatic rings. The molecule has 1 amide bonds. The largest absolute Gasteiger partial charge is 0.490 e. The lowest BCUT2D eigenvalue weighted by molar-refractivity contribution is -0.112. The Hall–Kier alpha value is -3.72. The van der Waals surface area contributed by atoms with Crippen molar-refractivity contribution in [2.45, 2.75) is 10.9 Å². The predicted molar refractivity (Wildman–Crippen MR) is 134 cm³/mol. The molecular weight excluding hydrogens is 510 g/mol. The van der Waals surface area contributed by atoms with Crippen molar-refractivity contribution in [3.05, 3.63) is 70.9 Å². The number of carbonyl (C=O) groups is 1. The molecule has 0 spiro atoms. The number of aromatic nitrogens is 3. The lowest BCUT2D eigenvalue weighted by Gasteiger charge is -2.09. The van der Waals surface area contributed by atoms with Crippen LogP contribution in [0.1, 0.15) is 5.56 Å². The highest BCUT2D eigenvalue weighted by molar-refractivity contribution is 7.92. The average Bonchev–Trinajstić information content (AvgIpc) is 3.44. The SMILES string of the molecule is CS(=O)(=O)c1nnc(NC(=O)/C(C#N)=C\c2cn(CCOc3ccccc3Cl)c3ccccc23)s1. The molecule has 4 rings (SSSR count). The highest BCUT2D eigenvalue weighted by atomic mass is 35.5. The van der Waals surface area contributed by atoms with Crippen LogP contribution in [-0.4, -0.2) is 42.0 Å². The van der Waals surface area contributed by atoms with Gasteiger partial charge < -0.3 is 9.30 Å². The number of nitrogens with zero attached hydrogens (tertiary/aromatic N) is 4. The summed E-state index contributed by atoms with van der Waals surface area (Å²) in [5, 5.41) is 20.6. The van der Waals surface area contributed by atoms with Crippen molar-refractivity contribution in [3.8, 4) is 11.8 Å². The molecule has 35 heavy (non-hydrogen) atoms. The summed E-state index contributed by atoms with van der Waals surface area (Å²) >= 11 is 6.86. The molecule has 0 bridgehead atoms. The lowest BCUT2D eigenvalue weighted by Crippen LogP contribution is -2.13. The molecule has 1 N–H and O–H groups in total. The Morgan fingerprint density at radius 1 is 1.23 bits per heavy atom. The van der Waals surface area contributed by atoms with Gasteiger partial charge in [-0.1, -0.05) is 53.3 Å². The topological polar surface area (TPSA) is 127 Å². The minimum atomic E-state index is -3.55. The van der Waals surface area contributed by atoms with Gasteiger partial charge in [-0.25, -0.2) is 8.42 Å². The van der Waals surface area contributed by atoms with Crippen LogP contribution in [-0.2, 0) is 21.2 Å². The maximum absolute atomic E-state index is 12.7. The fourth-order valence-corrected chi connectivity index (χ4v) is 4.96. The number of ether oxygens (including phenoxy) is 1. The Morgan fingerprint density at radius 2 is 1.97 bits per heavy atom. The number of sulfone groups is 1. The molecular formula is C23H18ClN5O4S2.